The van der Waals surface area contributed by atoms with E-state index in [4.69, 9.17) is 14.9 Å². The van der Waals surface area contributed by atoms with Gasteiger partial charge in [0.2, 0.25) is 0 Å². The third-order valence-electron chi connectivity index (χ3n) is 3.42. The van der Waals surface area contributed by atoms with Gasteiger partial charge in [0.1, 0.15) is 5.72 Å². The highest BCUT2D eigenvalue weighted by Gasteiger charge is 2.30. The number of aliphatic hydroxyl groups excluding tert-OH is 2. The Bertz CT molecular complexity index is 190. The standard InChI is InChI=1S/C14H31NO3/c1-4-6-7-8-9-14(3,18-13-12-17)15(5-2)10-11-16/h16-17H,4-13H2,1-3H3. The molecule has 0 aliphatic rings. The molecule has 0 spiro atoms. The summed E-state index contributed by atoms with van der Waals surface area (Å²) in [6, 6.07) is 0. The van der Waals surface area contributed by atoms with Crippen molar-refractivity contribution < 1.29 is 14.9 Å². The summed E-state index contributed by atoms with van der Waals surface area (Å²) in [6.45, 7) is 8.33. The quantitative estimate of drug-likeness (QED) is 0.417. The van der Waals surface area contributed by atoms with Crippen LogP contribution in [0, 0.1) is 0 Å². The molecular formula is C14H31NO3. The number of unbranched alkanes of at least 4 members (excludes halogenated alkanes) is 3. The molecule has 1 atom stereocenters. The molecule has 0 aromatic heterocycles. The Labute approximate surface area is 112 Å². The summed E-state index contributed by atoms with van der Waals surface area (Å²) >= 11 is 0. The van der Waals surface area contributed by atoms with E-state index in [1.807, 2.05) is 0 Å². The van der Waals surface area contributed by atoms with Gasteiger partial charge in [0.25, 0.3) is 0 Å². The molecule has 0 radical (unpaired) electrons. The SMILES string of the molecule is CCCCCCC(C)(OCCO)N(CC)CCO. The zero-order valence-electron chi connectivity index (χ0n) is 12.3. The lowest BCUT2D eigenvalue weighted by molar-refractivity contribution is -0.157. The van der Waals surface area contributed by atoms with Gasteiger partial charge in [-0.2, -0.15) is 0 Å². The van der Waals surface area contributed by atoms with Crippen LogP contribution >= 0.6 is 0 Å². The maximum absolute atomic E-state index is 9.12. The summed E-state index contributed by atoms with van der Waals surface area (Å²) in [4.78, 5) is 2.15. The molecular weight excluding hydrogens is 230 g/mol. The van der Waals surface area contributed by atoms with Crippen molar-refractivity contribution in [3.63, 3.8) is 0 Å². The third kappa shape index (κ3) is 6.69. The average Bonchev–Trinajstić information content (AvgIpc) is 2.38. The lowest BCUT2D eigenvalue weighted by atomic mass is 10.0. The Hall–Kier alpha value is -0.160. The first-order valence-corrected chi connectivity index (χ1v) is 7.25. The fourth-order valence-corrected chi connectivity index (χ4v) is 2.32. The van der Waals surface area contributed by atoms with E-state index in [0.717, 1.165) is 19.4 Å². The molecule has 2 N–H and O–H groups in total. The first-order chi connectivity index (χ1) is 8.64. The molecule has 0 bridgehead atoms. The predicted molar refractivity (Wildman–Crippen MR) is 74.5 cm³/mol. The third-order valence-corrected chi connectivity index (χ3v) is 3.42. The minimum Gasteiger partial charge on any atom is -0.395 e. The number of ether oxygens (including phenoxy) is 1. The van der Waals surface area contributed by atoms with Gasteiger partial charge in [0.05, 0.1) is 19.8 Å². The molecule has 0 heterocycles. The summed E-state index contributed by atoms with van der Waals surface area (Å²) < 4.78 is 5.83. The van der Waals surface area contributed by atoms with Gasteiger partial charge in [0, 0.05) is 6.54 Å². The molecule has 0 aliphatic carbocycles. The summed E-state index contributed by atoms with van der Waals surface area (Å²) in [5.41, 5.74) is -0.367. The van der Waals surface area contributed by atoms with Crippen molar-refractivity contribution in [1.82, 2.24) is 4.90 Å². The van der Waals surface area contributed by atoms with E-state index in [-0.39, 0.29) is 18.9 Å². The van der Waals surface area contributed by atoms with E-state index < -0.39 is 0 Å². The van der Waals surface area contributed by atoms with Gasteiger partial charge >= 0.3 is 0 Å². The second kappa shape index (κ2) is 10.7. The number of nitrogens with zero attached hydrogens (tertiary/aromatic N) is 1. The summed E-state index contributed by atoms with van der Waals surface area (Å²) in [7, 11) is 0. The summed E-state index contributed by atoms with van der Waals surface area (Å²) in [6.07, 6.45) is 5.76. The van der Waals surface area contributed by atoms with Crippen molar-refractivity contribution in [1.29, 1.82) is 0 Å². The fourth-order valence-electron chi connectivity index (χ4n) is 2.32. The van der Waals surface area contributed by atoms with Crippen molar-refractivity contribution in [3.05, 3.63) is 0 Å². The molecule has 0 rings (SSSR count). The van der Waals surface area contributed by atoms with Gasteiger partial charge in [0.15, 0.2) is 0 Å². The zero-order valence-corrected chi connectivity index (χ0v) is 12.3. The maximum atomic E-state index is 9.12. The van der Waals surface area contributed by atoms with Gasteiger partial charge in [-0.1, -0.05) is 33.1 Å². The summed E-state index contributed by atoms with van der Waals surface area (Å²) in [5, 5.41) is 18.1. The number of hydrogen-bond acceptors (Lipinski definition) is 4. The number of rotatable bonds is 12. The van der Waals surface area contributed by atoms with Crippen LogP contribution in [0.15, 0.2) is 0 Å². The van der Waals surface area contributed by atoms with E-state index in [2.05, 4.69) is 25.7 Å². The largest absolute Gasteiger partial charge is 0.395 e. The van der Waals surface area contributed by atoms with E-state index in [0.29, 0.717) is 13.2 Å². The Balaban J connectivity index is 4.37. The number of hydrogen-bond donors (Lipinski definition) is 2. The molecule has 110 valence electrons. The van der Waals surface area contributed by atoms with Crippen molar-refractivity contribution in [2.75, 3.05) is 32.9 Å². The normalized spacial score (nSPS) is 15.0. The van der Waals surface area contributed by atoms with Crippen LogP contribution in [0.5, 0.6) is 0 Å². The van der Waals surface area contributed by atoms with Crippen LogP contribution in [0.4, 0.5) is 0 Å². The maximum Gasteiger partial charge on any atom is 0.119 e. The Morgan fingerprint density at radius 3 is 2.28 bits per heavy atom. The Kier molecular flexibility index (Phi) is 10.6. The molecule has 0 aliphatic heterocycles. The lowest BCUT2D eigenvalue weighted by Gasteiger charge is -2.40. The molecule has 0 saturated carbocycles. The van der Waals surface area contributed by atoms with E-state index >= 15 is 0 Å². The van der Waals surface area contributed by atoms with Gasteiger partial charge < -0.3 is 14.9 Å². The second-order valence-electron chi connectivity index (χ2n) is 4.86. The molecule has 0 saturated heterocycles. The molecule has 4 nitrogen and oxygen atoms in total. The second-order valence-corrected chi connectivity index (χ2v) is 4.86. The van der Waals surface area contributed by atoms with Crippen LogP contribution in [0.1, 0.15) is 52.9 Å². The van der Waals surface area contributed by atoms with Crippen molar-refractivity contribution in [3.8, 4) is 0 Å². The van der Waals surface area contributed by atoms with Gasteiger partial charge in [-0.15, -0.1) is 0 Å². The number of likely N-dealkylation sites (N-methyl/N-ethyl adjacent to an activating group) is 1. The predicted octanol–water partition coefficient (Wildman–Crippen LogP) is 2.00. The topological polar surface area (TPSA) is 52.9 Å². The Morgan fingerprint density at radius 1 is 1.06 bits per heavy atom. The molecule has 1 unspecified atom stereocenters. The smallest absolute Gasteiger partial charge is 0.119 e. The highest BCUT2D eigenvalue weighted by Crippen LogP contribution is 2.24. The monoisotopic (exact) mass is 261 g/mol. The van der Waals surface area contributed by atoms with Crippen LogP contribution in [-0.4, -0.2) is 53.7 Å². The minimum atomic E-state index is -0.367. The number of aliphatic hydroxyl groups is 2. The van der Waals surface area contributed by atoms with Gasteiger partial charge in [-0.05, 0) is 26.3 Å². The van der Waals surface area contributed by atoms with Crippen LogP contribution in [-0.2, 0) is 4.74 Å². The Morgan fingerprint density at radius 2 is 1.78 bits per heavy atom. The van der Waals surface area contributed by atoms with Crippen molar-refractivity contribution in [2.24, 2.45) is 0 Å². The molecule has 18 heavy (non-hydrogen) atoms. The average molecular weight is 261 g/mol. The van der Waals surface area contributed by atoms with Crippen LogP contribution in [0.2, 0.25) is 0 Å². The van der Waals surface area contributed by atoms with Gasteiger partial charge in [-0.3, -0.25) is 4.90 Å². The first kappa shape index (κ1) is 17.8. The van der Waals surface area contributed by atoms with Crippen LogP contribution < -0.4 is 0 Å². The zero-order chi connectivity index (χ0) is 13.9. The highest BCUT2D eigenvalue weighted by atomic mass is 16.5. The summed E-state index contributed by atoms with van der Waals surface area (Å²) in [5.74, 6) is 0. The minimum absolute atomic E-state index is 0.0429. The van der Waals surface area contributed by atoms with E-state index in [9.17, 15) is 0 Å². The lowest BCUT2D eigenvalue weighted by Crippen LogP contribution is -2.50. The molecule has 0 aromatic rings. The van der Waals surface area contributed by atoms with E-state index in [1.54, 1.807) is 0 Å². The van der Waals surface area contributed by atoms with Crippen LogP contribution in [0.25, 0.3) is 0 Å². The van der Waals surface area contributed by atoms with Crippen molar-refractivity contribution >= 4 is 0 Å². The molecule has 0 fully saturated rings. The van der Waals surface area contributed by atoms with Crippen LogP contribution in [0.3, 0.4) is 0 Å². The van der Waals surface area contributed by atoms with E-state index in [1.165, 1.54) is 19.3 Å². The fraction of sp³-hybridized carbons (Fsp3) is 1.00. The molecule has 4 heteroatoms. The van der Waals surface area contributed by atoms with Gasteiger partial charge in [-0.25, -0.2) is 0 Å². The van der Waals surface area contributed by atoms with Crippen molar-refractivity contribution in [2.45, 2.75) is 58.6 Å². The molecule has 0 amide bonds. The molecule has 0 aromatic carbocycles. The highest BCUT2D eigenvalue weighted by molar-refractivity contribution is 4.76. The first-order valence-electron chi connectivity index (χ1n) is 7.25.